The lowest BCUT2D eigenvalue weighted by Gasteiger charge is -2.15. The third kappa shape index (κ3) is 3.54. The molecule has 3 aromatic rings. The lowest BCUT2D eigenvalue weighted by Crippen LogP contribution is -2.19. The van der Waals surface area contributed by atoms with Gasteiger partial charge in [0.1, 0.15) is 11.3 Å². The number of phenols is 1. The summed E-state index contributed by atoms with van der Waals surface area (Å²) in [5.74, 6) is -1.17. The van der Waals surface area contributed by atoms with Gasteiger partial charge in [-0.05, 0) is 54.3 Å². The van der Waals surface area contributed by atoms with Crippen molar-refractivity contribution in [1.29, 1.82) is 0 Å². The number of hydrogen-bond donors (Lipinski definition) is 2. The van der Waals surface area contributed by atoms with Gasteiger partial charge in [0.2, 0.25) is 0 Å². The first-order chi connectivity index (χ1) is 12.0. The van der Waals surface area contributed by atoms with Crippen LogP contribution in [0.5, 0.6) is 5.75 Å². The Morgan fingerprint density at radius 3 is 2.52 bits per heavy atom. The second kappa shape index (κ2) is 6.78. The van der Waals surface area contributed by atoms with Crippen molar-refractivity contribution in [2.75, 3.05) is 0 Å². The molecular formula is C19H15NO4S. The van der Waals surface area contributed by atoms with Crippen LogP contribution in [0.15, 0.2) is 58.8 Å². The Balaban J connectivity index is 2.22. The van der Waals surface area contributed by atoms with E-state index in [1.807, 2.05) is 30.5 Å². The predicted molar refractivity (Wildman–Crippen MR) is 98.5 cm³/mol. The van der Waals surface area contributed by atoms with Gasteiger partial charge in [-0.1, -0.05) is 6.07 Å². The lowest BCUT2D eigenvalue weighted by atomic mass is 10.1. The summed E-state index contributed by atoms with van der Waals surface area (Å²) in [5, 5.41) is 20.7. The average molecular weight is 353 g/mol. The van der Waals surface area contributed by atoms with Crippen molar-refractivity contribution in [2.24, 2.45) is 0 Å². The number of aromatic nitrogens is 1. The van der Waals surface area contributed by atoms with Crippen LogP contribution in [0, 0.1) is 0 Å². The number of benzene rings is 1. The fourth-order valence-electron chi connectivity index (χ4n) is 2.49. The second-order valence-electron chi connectivity index (χ2n) is 5.47. The summed E-state index contributed by atoms with van der Waals surface area (Å²) >= 11 is 1.57. The van der Waals surface area contributed by atoms with Gasteiger partial charge in [-0.15, -0.1) is 11.3 Å². The summed E-state index contributed by atoms with van der Waals surface area (Å²) < 4.78 is 1.64. The third-order valence-electron chi connectivity index (χ3n) is 3.72. The van der Waals surface area contributed by atoms with E-state index in [9.17, 15) is 19.8 Å². The van der Waals surface area contributed by atoms with Crippen LogP contribution in [0.1, 0.15) is 27.9 Å². The Kier molecular flexibility index (Phi) is 4.54. The summed E-state index contributed by atoms with van der Waals surface area (Å²) in [5.41, 5.74) is 1.21. The minimum Gasteiger partial charge on any atom is -0.508 e. The molecule has 1 aromatic carbocycles. The van der Waals surface area contributed by atoms with Crippen LogP contribution in [0.25, 0.3) is 17.3 Å². The number of thiophene rings is 1. The molecule has 2 heterocycles. The van der Waals surface area contributed by atoms with Crippen LogP contribution >= 0.6 is 11.3 Å². The van der Waals surface area contributed by atoms with Crippen molar-refractivity contribution in [1.82, 2.24) is 4.57 Å². The van der Waals surface area contributed by atoms with Gasteiger partial charge in [0, 0.05) is 22.8 Å². The number of nitrogens with zero attached hydrogens (tertiary/aromatic N) is 1. The minimum absolute atomic E-state index is 0.107. The molecule has 0 unspecified atom stereocenters. The summed E-state index contributed by atoms with van der Waals surface area (Å²) in [6.45, 7) is 1.87. The molecule has 0 atom stereocenters. The standard InChI is InChI=1S/C19H15NO4S/c1-12(9-15-3-2-8-25-15)17-10-18(22)16(19(23)24)11-20(17)13-4-6-14(21)7-5-13/h2-11,21H,1H3,(H,23,24)/b12-9+. The highest BCUT2D eigenvalue weighted by Crippen LogP contribution is 2.23. The first kappa shape index (κ1) is 16.7. The van der Waals surface area contributed by atoms with E-state index in [-0.39, 0.29) is 11.3 Å². The zero-order chi connectivity index (χ0) is 18.0. The molecule has 0 aliphatic heterocycles. The van der Waals surface area contributed by atoms with Gasteiger partial charge < -0.3 is 14.8 Å². The molecule has 0 saturated carbocycles. The first-order valence-electron chi connectivity index (χ1n) is 7.47. The third-order valence-corrected chi connectivity index (χ3v) is 4.53. The van der Waals surface area contributed by atoms with Gasteiger partial charge in [-0.2, -0.15) is 0 Å². The highest BCUT2D eigenvalue weighted by molar-refractivity contribution is 7.10. The smallest absolute Gasteiger partial charge is 0.341 e. The van der Waals surface area contributed by atoms with Crippen LogP contribution in [-0.4, -0.2) is 20.7 Å². The van der Waals surface area contributed by atoms with Gasteiger partial charge in [-0.25, -0.2) is 4.79 Å². The number of aromatic carboxylic acids is 1. The summed E-state index contributed by atoms with van der Waals surface area (Å²) in [4.78, 5) is 24.5. The van der Waals surface area contributed by atoms with Crippen molar-refractivity contribution in [2.45, 2.75) is 6.92 Å². The zero-order valence-electron chi connectivity index (χ0n) is 13.3. The summed E-state index contributed by atoms with van der Waals surface area (Å²) in [6.07, 6.45) is 3.26. The molecule has 0 amide bonds. The quantitative estimate of drug-likeness (QED) is 0.746. The molecule has 0 spiro atoms. The number of rotatable bonds is 4. The van der Waals surface area contributed by atoms with Crippen molar-refractivity contribution in [3.63, 3.8) is 0 Å². The first-order valence-corrected chi connectivity index (χ1v) is 8.35. The van der Waals surface area contributed by atoms with E-state index in [1.54, 1.807) is 28.0 Å². The van der Waals surface area contributed by atoms with Crippen molar-refractivity contribution in [3.05, 3.63) is 80.4 Å². The van der Waals surface area contributed by atoms with Gasteiger partial charge in [0.05, 0.1) is 5.69 Å². The van der Waals surface area contributed by atoms with E-state index in [0.717, 1.165) is 10.5 Å². The molecule has 0 fully saturated rings. The SMILES string of the molecule is C/C(=C\c1cccs1)c1cc(=O)c(C(=O)O)cn1-c1ccc(O)cc1. The Labute approximate surface area is 147 Å². The number of carboxylic acid groups (broad SMARTS) is 1. The molecule has 0 aliphatic rings. The molecule has 0 saturated heterocycles. The van der Waals surface area contributed by atoms with Gasteiger partial charge >= 0.3 is 5.97 Å². The normalized spacial score (nSPS) is 11.5. The molecular weight excluding hydrogens is 338 g/mol. The van der Waals surface area contributed by atoms with E-state index in [2.05, 4.69) is 0 Å². The Hall–Kier alpha value is -3.12. The molecule has 2 aromatic heterocycles. The zero-order valence-corrected chi connectivity index (χ0v) is 14.2. The van der Waals surface area contributed by atoms with Gasteiger partial charge in [0.25, 0.3) is 0 Å². The molecule has 3 rings (SSSR count). The van der Waals surface area contributed by atoms with Gasteiger partial charge in [0.15, 0.2) is 5.43 Å². The highest BCUT2D eigenvalue weighted by Gasteiger charge is 2.14. The number of aromatic hydroxyl groups is 1. The molecule has 5 nitrogen and oxygen atoms in total. The van der Waals surface area contributed by atoms with E-state index in [1.165, 1.54) is 24.4 Å². The number of carbonyl (C=O) groups is 1. The molecule has 0 bridgehead atoms. The van der Waals surface area contributed by atoms with E-state index < -0.39 is 11.4 Å². The number of pyridine rings is 1. The number of allylic oxidation sites excluding steroid dienone is 1. The maximum atomic E-state index is 12.2. The molecule has 25 heavy (non-hydrogen) atoms. The van der Waals surface area contributed by atoms with Crippen LogP contribution in [-0.2, 0) is 0 Å². The fourth-order valence-corrected chi connectivity index (χ4v) is 3.20. The Morgan fingerprint density at radius 1 is 1.20 bits per heavy atom. The van der Waals surface area contributed by atoms with E-state index >= 15 is 0 Å². The molecule has 6 heteroatoms. The van der Waals surface area contributed by atoms with Crippen LogP contribution in [0.4, 0.5) is 0 Å². The largest absolute Gasteiger partial charge is 0.508 e. The second-order valence-corrected chi connectivity index (χ2v) is 6.45. The summed E-state index contributed by atoms with van der Waals surface area (Å²) in [6, 6.07) is 11.6. The van der Waals surface area contributed by atoms with Crippen LogP contribution < -0.4 is 5.43 Å². The Morgan fingerprint density at radius 2 is 1.92 bits per heavy atom. The van der Waals surface area contributed by atoms with Crippen molar-refractivity contribution >= 4 is 29.0 Å². The molecule has 2 N–H and O–H groups in total. The minimum atomic E-state index is -1.27. The number of phenolic OH excluding ortho intramolecular Hbond substituents is 1. The van der Waals surface area contributed by atoms with Gasteiger partial charge in [-0.3, -0.25) is 4.79 Å². The number of hydrogen-bond acceptors (Lipinski definition) is 4. The van der Waals surface area contributed by atoms with Crippen LogP contribution in [0.3, 0.4) is 0 Å². The van der Waals surface area contributed by atoms with Crippen LogP contribution in [0.2, 0.25) is 0 Å². The Bertz CT molecular complexity index is 999. The maximum Gasteiger partial charge on any atom is 0.341 e. The molecule has 126 valence electrons. The molecule has 0 aliphatic carbocycles. The summed E-state index contributed by atoms with van der Waals surface area (Å²) in [7, 11) is 0. The van der Waals surface area contributed by atoms with E-state index in [0.29, 0.717) is 11.4 Å². The maximum absolute atomic E-state index is 12.2. The van der Waals surface area contributed by atoms with Crippen molar-refractivity contribution in [3.8, 4) is 11.4 Å². The average Bonchev–Trinajstić information content (AvgIpc) is 3.08. The molecule has 0 radical (unpaired) electrons. The highest BCUT2D eigenvalue weighted by atomic mass is 32.1. The predicted octanol–water partition coefficient (Wildman–Crippen LogP) is 3.86. The van der Waals surface area contributed by atoms with E-state index in [4.69, 9.17) is 0 Å². The van der Waals surface area contributed by atoms with Crippen molar-refractivity contribution < 1.29 is 15.0 Å². The topological polar surface area (TPSA) is 79.5 Å². The monoisotopic (exact) mass is 353 g/mol. The number of carboxylic acids is 1. The lowest BCUT2D eigenvalue weighted by molar-refractivity contribution is 0.0694. The fraction of sp³-hybridized carbons (Fsp3) is 0.0526.